The van der Waals surface area contributed by atoms with Crippen molar-refractivity contribution in [3.05, 3.63) is 29.8 Å². The molecule has 2 atom stereocenters. The Labute approximate surface area is 207 Å². The van der Waals surface area contributed by atoms with Crippen LogP contribution < -0.4 is 10.8 Å². The van der Waals surface area contributed by atoms with Crippen molar-refractivity contribution < 1.29 is 33.5 Å². The Kier molecular flexibility index (Phi) is 7.57. The van der Waals surface area contributed by atoms with Crippen molar-refractivity contribution in [3.63, 3.8) is 0 Å². The molecule has 35 heavy (non-hydrogen) atoms. The Morgan fingerprint density at radius 3 is 2.37 bits per heavy atom. The monoisotopic (exact) mass is 488 g/mol. The molecule has 0 bridgehead atoms. The molecule has 0 aliphatic carbocycles. The van der Waals surface area contributed by atoms with Crippen molar-refractivity contribution in [1.29, 1.82) is 0 Å². The first-order valence-corrected chi connectivity index (χ1v) is 12.0. The molecule has 0 aromatic heterocycles. The summed E-state index contributed by atoms with van der Waals surface area (Å²) in [7, 11) is -0.553. The predicted molar refractivity (Wildman–Crippen MR) is 131 cm³/mol. The van der Waals surface area contributed by atoms with E-state index in [0.717, 1.165) is 11.0 Å². The first-order valence-electron chi connectivity index (χ1n) is 12.0. The van der Waals surface area contributed by atoms with Crippen LogP contribution in [0.3, 0.4) is 0 Å². The number of carbonyl (C=O) groups excluding carboxylic acids is 2. The number of nitrogens with zero attached hydrogens (tertiary/aromatic N) is 1. The van der Waals surface area contributed by atoms with E-state index >= 15 is 0 Å². The van der Waals surface area contributed by atoms with Gasteiger partial charge in [-0.05, 0) is 65.9 Å². The fourth-order valence-electron chi connectivity index (χ4n) is 4.11. The summed E-state index contributed by atoms with van der Waals surface area (Å²) in [4.78, 5) is 38.7. The predicted octanol–water partition coefficient (Wildman–Crippen LogP) is 2.35. The van der Waals surface area contributed by atoms with Gasteiger partial charge in [0, 0.05) is 19.5 Å². The fraction of sp³-hybridized carbons (Fsp3) is 0.640. The second-order valence-corrected chi connectivity index (χ2v) is 11.3. The molecule has 2 saturated heterocycles. The Morgan fingerprint density at radius 1 is 1.20 bits per heavy atom. The van der Waals surface area contributed by atoms with Gasteiger partial charge in [0.15, 0.2) is 0 Å². The minimum absolute atomic E-state index is 0.120. The number of benzene rings is 1. The van der Waals surface area contributed by atoms with Crippen molar-refractivity contribution in [2.24, 2.45) is 5.92 Å². The van der Waals surface area contributed by atoms with Crippen LogP contribution in [0.25, 0.3) is 0 Å². The number of carboxylic acid groups (broad SMARTS) is 1. The van der Waals surface area contributed by atoms with Crippen LogP contribution in [-0.4, -0.2) is 71.0 Å². The second kappa shape index (κ2) is 9.81. The third kappa shape index (κ3) is 6.55. The van der Waals surface area contributed by atoms with Crippen LogP contribution in [0.4, 0.5) is 4.79 Å². The van der Waals surface area contributed by atoms with Gasteiger partial charge in [-0.25, -0.2) is 4.79 Å². The van der Waals surface area contributed by atoms with Crippen molar-refractivity contribution in [2.75, 3.05) is 13.1 Å². The zero-order valence-corrected chi connectivity index (χ0v) is 21.7. The molecule has 2 amide bonds. The molecule has 9 nitrogen and oxygen atoms in total. The lowest BCUT2D eigenvalue weighted by atomic mass is 9.78. The van der Waals surface area contributed by atoms with E-state index < -0.39 is 47.9 Å². The SMILES string of the molecule is CC(C)(C)OC(=O)N[C@@H](Cc1cccc(B2OC(C)(C)C(C)(C)O2)c1)C(=O)N1CC[C@@H](C(=O)O)C1. The smallest absolute Gasteiger partial charge is 0.481 e. The second-order valence-electron chi connectivity index (χ2n) is 11.3. The van der Waals surface area contributed by atoms with E-state index in [2.05, 4.69) is 5.32 Å². The molecule has 1 aromatic rings. The van der Waals surface area contributed by atoms with Crippen LogP contribution in [0.15, 0.2) is 24.3 Å². The largest absolute Gasteiger partial charge is 0.494 e. The molecule has 192 valence electrons. The molecule has 2 aliphatic rings. The first-order chi connectivity index (χ1) is 16.1. The summed E-state index contributed by atoms with van der Waals surface area (Å²) < 4.78 is 17.7. The summed E-state index contributed by atoms with van der Waals surface area (Å²) >= 11 is 0. The van der Waals surface area contributed by atoms with Gasteiger partial charge in [-0.3, -0.25) is 9.59 Å². The number of alkyl carbamates (subject to hydrolysis) is 1. The van der Waals surface area contributed by atoms with Crippen LogP contribution in [0.1, 0.15) is 60.5 Å². The van der Waals surface area contributed by atoms with Crippen molar-refractivity contribution in [2.45, 2.75) is 84.2 Å². The average Bonchev–Trinajstić information content (AvgIpc) is 3.28. The molecule has 2 heterocycles. The van der Waals surface area contributed by atoms with Gasteiger partial charge in [0.25, 0.3) is 0 Å². The summed E-state index contributed by atoms with van der Waals surface area (Å²) in [6.07, 6.45) is -0.107. The molecule has 0 radical (unpaired) electrons. The minimum atomic E-state index is -0.924. The summed E-state index contributed by atoms with van der Waals surface area (Å²) in [6, 6.07) is 6.63. The Morgan fingerprint density at radius 2 is 1.83 bits per heavy atom. The molecule has 3 rings (SSSR count). The number of hydrogen-bond acceptors (Lipinski definition) is 6. The van der Waals surface area contributed by atoms with E-state index in [-0.39, 0.29) is 18.9 Å². The average molecular weight is 488 g/mol. The fourth-order valence-corrected chi connectivity index (χ4v) is 4.11. The number of carbonyl (C=O) groups is 3. The number of rotatable bonds is 6. The van der Waals surface area contributed by atoms with E-state index in [9.17, 15) is 19.5 Å². The van der Waals surface area contributed by atoms with Crippen LogP contribution in [0.5, 0.6) is 0 Å². The number of nitrogens with one attached hydrogen (secondary N) is 1. The number of carboxylic acids is 1. The zero-order chi connectivity index (χ0) is 26.2. The highest BCUT2D eigenvalue weighted by Gasteiger charge is 2.51. The highest BCUT2D eigenvalue weighted by molar-refractivity contribution is 6.62. The summed E-state index contributed by atoms with van der Waals surface area (Å²) in [6.45, 7) is 13.6. The van der Waals surface area contributed by atoms with E-state index in [1.54, 1.807) is 20.8 Å². The molecular formula is C25H37BN2O7. The van der Waals surface area contributed by atoms with Gasteiger partial charge in [0.2, 0.25) is 5.91 Å². The standard InChI is InChI=1S/C25H37BN2O7/c1-23(2,3)33-22(32)27-19(20(29)28-12-11-17(15-28)21(30)31)14-16-9-8-10-18(13-16)26-34-24(4,5)25(6,7)35-26/h8-10,13,17,19H,11-12,14-15H2,1-7H3,(H,27,32)(H,30,31)/t17-,19+/m1/s1. The molecule has 2 aliphatic heterocycles. The summed E-state index contributed by atoms with van der Waals surface area (Å²) in [5, 5.41) is 12.0. The molecule has 10 heteroatoms. The summed E-state index contributed by atoms with van der Waals surface area (Å²) in [5.74, 6) is -1.86. The normalized spacial score (nSPS) is 22.1. The molecule has 0 spiro atoms. The van der Waals surface area contributed by atoms with Crippen molar-refractivity contribution in [1.82, 2.24) is 10.2 Å². The van der Waals surface area contributed by atoms with Crippen molar-refractivity contribution in [3.8, 4) is 0 Å². The Balaban J connectivity index is 1.79. The van der Waals surface area contributed by atoms with Crippen LogP contribution >= 0.6 is 0 Å². The van der Waals surface area contributed by atoms with Gasteiger partial charge >= 0.3 is 19.2 Å². The van der Waals surface area contributed by atoms with E-state index in [1.165, 1.54) is 4.90 Å². The number of amides is 2. The Bertz CT molecular complexity index is 957. The maximum atomic E-state index is 13.3. The lowest BCUT2D eigenvalue weighted by molar-refractivity contribution is -0.141. The first kappa shape index (κ1) is 27.0. The van der Waals surface area contributed by atoms with Crippen LogP contribution in [-0.2, 0) is 30.1 Å². The van der Waals surface area contributed by atoms with Crippen molar-refractivity contribution >= 4 is 30.6 Å². The number of hydrogen-bond donors (Lipinski definition) is 2. The lowest BCUT2D eigenvalue weighted by Crippen LogP contribution is -2.50. The van der Waals surface area contributed by atoms with Gasteiger partial charge in [-0.1, -0.05) is 24.3 Å². The molecule has 2 fully saturated rings. The third-order valence-electron chi connectivity index (χ3n) is 6.75. The van der Waals surface area contributed by atoms with Gasteiger partial charge in [0.1, 0.15) is 11.6 Å². The lowest BCUT2D eigenvalue weighted by Gasteiger charge is -2.32. The molecule has 1 aromatic carbocycles. The number of likely N-dealkylation sites (tertiary alicyclic amines) is 1. The number of aliphatic carboxylic acids is 1. The molecular weight excluding hydrogens is 451 g/mol. The minimum Gasteiger partial charge on any atom is -0.481 e. The summed E-state index contributed by atoms with van der Waals surface area (Å²) in [5.41, 5.74) is -0.0737. The van der Waals surface area contributed by atoms with E-state index in [0.29, 0.717) is 13.0 Å². The zero-order valence-electron chi connectivity index (χ0n) is 21.7. The van der Waals surface area contributed by atoms with Crippen LogP contribution in [0, 0.1) is 5.92 Å². The third-order valence-corrected chi connectivity index (χ3v) is 6.75. The molecule has 0 saturated carbocycles. The maximum absolute atomic E-state index is 13.3. The van der Waals surface area contributed by atoms with Crippen LogP contribution in [0.2, 0.25) is 0 Å². The quantitative estimate of drug-likeness (QED) is 0.591. The van der Waals surface area contributed by atoms with Gasteiger partial charge in [0.05, 0.1) is 17.1 Å². The van der Waals surface area contributed by atoms with E-state index in [4.69, 9.17) is 14.0 Å². The van der Waals surface area contributed by atoms with Gasteiger partial charge < -0.3 is 29.4 Å². The maximum Gasteiger partial charge on any atom is 0.494 e. The molecule has 2 N–H and O–H groups in total. The number of ether oxygens (including phenoxy) is 1. The highest BCUT2D eigenvalue weighted by Crippen LogP contribution is 2.36. The Hall–Kier alpha value is -2.59. The molecule has 0 unspecified atom stereocenters. The van der Waals surface area contributed by atoms with Gasteiger partial charge in [-0.15, -0.1) is 0 Å². The highest BCUT2D eigenvalue weighted by atomic mass is 16.7. The van der Waals surface area contributed by atoms with E-state index in [1.807, 2.05) is 52.0 Å². The van der Waals surface area contributed by atoms with Gasteiger partial charge in [-0.2, -0.15) is 0 Å². The topological polar surface area (TPSA) is 114 Å².